The van der Waals surface area contributed by atoms with Gasteiger partial charge in [0.1, 0.15) is 6.54 Å². The van der Waals surface area contributed by atoms with Crippen LogP contribution < -0.4 is 10.6 Å². The first-order valence-corrected chi connectivity index (χ1v) is 5.16. The van der Waals surface area contributed by atoms with E-state index in [1.807, 2.05) is 5.32 Å². The molecule has 0 aliphatic heterocycles. The van der Waals surface area contributed by atoms with Crippen molar-refractivity contribution in [1.82, 2.24) is 15.5 Å². The summed E-state index contributed by atoms with van der Waals surface area (Å²) in [5.74, 6) is -2.00. The van der Waals surface area contributed by atoms with Crippen molar-refractivity contribution in [3.8, 4) is 0 Å². The smallest absolute Gasteiger partial charge is 0.390 e. The van der Waals surface area contributed by atoms with Crippen LogP contribution in [0.3, 0.4) is 0 Å². The molecule has 0 spiro atoms. The van der Waals surface area contributed by atoms with E-state index < -0.39 is 50.1 Å². The molecule has 19 heavy (non-hydrogen) atoms. The quantitative estimate of drug-likeness (QED) is 0.628. The van der Waals surface area contributed by atoms with E-state index in [0.717, 1.165) is 11.9 Å². The van der Waals surface area contributed by atoms with Gasteiger partial charge >= 0.3 is 18.2 Å². The lowest BCUT2D eigenvalue weighted by atomic mass is 10.4. The van der Waals surface area contributed by atoms with Gasteiger partial charge in [-0.3, -0.25) is 9.59 Å². The Balaban J connectivity index is 3.90. The van der Waals surface area contributed by atoms with Crippen molar-refractivity contribution in [2.24, 2.45) is 0 Å². The topological polar surface area (TPSA) is 98.7 Å². The average Bonchev–Trinajstić information content (AvgIpc) is 2.29. The number of carboxylic acids is 1. The van der Waals surface area contributed by atoms with E-state index in [0.29, 0.717) is 0 Å². The number of nitrogens with one attached hydrogen (secondary N) is 2. The highest BCUT2D eigenvalue weighted by Crippen LogP contribution is 2.19. The molecule has 0 saturated heterocycles. The monoisotopic (exact) mass is 285 g/mol. The summed E-state index contributed by atoms with van der Waals surface area (Å²) in [6, 6.07) is -0.852. The largest absolute Gasteiger partial charge is 0.480 e. The molecular formula is C9H14F3N3O4. The number of halogens is 3. The first kappa shape index (κ1) is 17.0. The number of urea groups is 1. The summed E-state index contributed by atoms with van der Waals surface area (Å²) in [6.45, 7) is -1.65. The molecule has 3 amide bonds. The number of nitrogens with zero attached hydrogens (tertiary/aromatic N) is 1. The Hall–Kier alpha value is -2.00. The molecule has 0 aromatic heterocycles. The second kappa shape index (κ2) is 7.44. The van der Waals surface area contributed by atoms with E-state index in [1.54, 1.807) is 0 Å². The van der Waals surface area contributed by atoms with Gasteiger partial charge in [0, 0.05) is 13.6 Å². The Kier molecular flexibility index (Phi) is 6.66. The lowest BCUT2D eigenvalue weighted by Crippen LogP contribution is -2.44. The molecule has 0 atom stereocenters. The fourth-order valence-electron chi connectivity index (χ4n) is 0.924. The highest BCUT2D eigenvalue weighted by atomic mass is 19.4. The van der Waals surface area contributed by atoms with E-state index in [-0.39, 0.29) is 0 Å². The predicted octanol–water partition coefficient (Wildman–Crippen LogP) is -0.219. The van der Waals surface area contributed by atoms with Crippen molar-refractivity contribution in [1.29, 1.82) is 0 Å². The Morgan fingerprint density at radius 3 is 2.21 bits per heavy atom. The summed E-state index contributed by atoms with van der Waals surface area (Å²) < 4.78 is 35.7. The summed E-state index contributed by atoms with van der Waals surface area (Å²) in [5, 5.41) is 12.3. The molecule has 0 unspecified atom stereocenters. The van der Waals surface area contributed by atoms with E-state index in [9.17, 15) is 27.6 Å². The standard InChI is InChI=1S/C9H14F3N3O4/c1-15(3-2-9(10,11)12)8(19)14-4-6(16)13-5-7(17)18/h2-5H2,1H3,(H,13,16)(H,14,19)(H,17,18). The van der Waals surface area contributed by atoms with Crippen LogP contribution in [0.2, 0.25) is 0 Å². The van der Waals surface area contributed by atoms with Crippen LogP contribution in [-0.2, 0) is 9.59 Å². The van der Waals surface area contributed by atoms with E-state index in [4.69, 9.17) is 5.11 Å². The summed E-state index contributed by atoms with van der Waals surface area (Å²) in [4.78, 5) is 33.1. The molecule has 0 radical (unpaired) electrons. The maximum absolute atomic E-state index is 11.9. The lowest BCUT2D eigenvalue weighted by Gasteiger charge is -2.18. The number of rotatable bonds is 6. The fraction of sp³-hybridized carbons (Fsp3) is 0.667. The van der Waals surface area contributed by atoms with Crippen molar-refractivity contribution in [3.63, 3.8) is 0 Å². The van der Waals surface area contributed by atoms with Gasteiger partial charge in [-0.15, -0.1) is 0 Å². The van der Waals surface area contributed by atoms with Crippen LogP contribution >= 0.6 is 0 Å². The maximum atomic E-state index is 11.9. The SMILES string of the molecule is CN(CCC(F)(F)F)C(=O)NCC(=O)NCC(=O)O. The number of carbonyl (C=O) groups excluding carboxylic acids is 2. The first-order valence-electron chi connectivity index (χ1n) is 5.16. The number of aliphatic carboxylic acids is 1. The summed E-state index contributed by atoms with van der Waals surface area (Å²) in [6.07, 6.45) is -5.52. The summed E-state index contributed by atoms with van der Waals surface area (Å²) in [5.41, 5.74) is 0. The van der Waals surface area contributed by atoms with E-state index in [1.165, 1.54) is 0 Å². The van der Waals surface area contributed by atoms with Crippen LogP contribution in [0.5, 0.6) is 0 Å². The molecule has 0 fully saturated rings. The second-order valence-electron chi connectivity index (χ2n) is 3.62. The Labute approximate surface area is 106 Å². The molecule has 0 bridgehead atoms. The zero-order chi connectivity index (χ0) is 15.1. The second-order valence-corrected chi connectivity index (χ2v) is 3.62. The minimum atomic E-state index is -4.37. The number of amides is 3. The zero-order valence-electron chi connectivity index (χ0n) is 10.1. The third kappa shape index (κ3) is 9.68. The van der Waals surface area contributed by atoms with Gasteiger partial charge in [-0.05, 0) is 0 Å². The first-order chi connectivity index (χ1) is 8.61. The van der Waals surface area contributed by atoms with Crippen LogP contribution in [0, 0.1) is 0 Å². The Morgan fingerprint density at radius 1 is 1.16 bits per heavy atom. The highest BCUT2D eigenvalue weighted by molar-refractivity contribution is 5.86. The number of hydrogen-bond acceptors (Lipinski definition) is 3. The zero-order valence-corrected chi connectivity index (χ0v) is 10.1. The van der Waals surface area contributed by atoms with Crippen LogP contribution in [0.25, 0.3) is 0 Å². The molecule has 0 aliphatic carbocycles. The molecule has 110 valence electrons. The molecule has 0 aliphatic rings. The minimum Gasteiger partial charge on any atom is -0.480 e. The summed E-state index contributed by atoms with van der Waals surface area (Å²) in [7, 11) is 1.15. The number of carbonyl (C=O) groups is 3. The molecule has 0 aromatic rings. The fourth-order valence-corrected chi connectivity index (χ4v) is 0.924. The molecule has 0 aromatic carbocycles. The van der Waals surface area contributed by atoms with Crippen LogP contribution in [-0.4, -0.2) is 60.8 Å². The predicted molar refractivity (Wildman–Crippen MR) is 57.3 cm³/mol. The van der Waals surface area contributed by atoms with E-state index >= 15 is 0 Å². The van der Waals surface area contributed by atoms with Crippen molar-refractivity contribution in [2.45, 2.75) is 12.6 Å². The van der Waals surface area contributed by atoms with Gasteiger partial charge in [0.2, 0.25) is 5.91 Å². The third-order valence-corrected chi connectivity index (χ3v) is 1.91. The van der Waals surface area contributed by atoms with Crippen LogP contribution in [0.4, 0.5) is 18.0 Å². The molecule has 3 N–H and O–H groups in total. The van der Waals surface area contributed by atoms with Gasteiger partial charge in [-0.1, -0.05) is 0 Å². The normalized spacial score (nSPS) is 10.7. The third-order valence-electron chi connectivity index (χ3n) is 1.91. The molecule has 0 saturated carbocycles. The molecule has 7 nitrogen and oxygen atoms in total. The van der Waals surface area contributed by atoms with Crippen molar-refractivity contribution in [2.75, 3.05) is 26.7 Å². The minimum absolute atomic E-state index is 0.511. The van der Waals surface area contributed by atoms with Crippen molar-refractivity contribution < 1.29 is 32.7 Å². The molecular weight excluding hydrogens is 271 g/mol. The van der Waals surface area contributed by atoms with E-state index in [2.05, 4.69) is 5.32 Å². The maximum Gasteiger partial charge on any atom is 0.390 e. The van der Waals surface area contributed by atoms with Gasteiger partial charge in [-0.2, -0.15) is 13.2 Å². The summed E-state index contributed by atoms with van der Waals surface area (Å²) >= 11 is 0. The lowest BCUT2D eigenvalue weighted by molar-refractivity contribution is -0.137. The van der Waals surface area contributed by atoms with Gasteiger partial charge in [0.05, 0.1) is 13.0 Å². The van der Waals surface area contributed by atoms with Crippen molar-refractivity contribution in [3.05, 3.63) is 0 Å². The molecule has 10 heteroatoms. The van der Waals surface area contributed by atoms with Gasteiger partial charge in [0.25, 0.3) is 0 Å². The van der Waals surface area contributed by atoms with Crippen molar-refractivity contribution >= 4 is 17.9 Å². The Bertz CT molecular complexity index is 346. The van der Waals surface area contributed by atoms with Gasteiger partial charge in [-0.25, -0.2) is 4.79 Å². The van der Waals surface area contributed by atoms with Crippen LogP contribution in [0.1, 0.15) is 6.42 Å². The van der Waals surface area contributed by atoms with Gasteiger partial charge in [0.15, 0.2) is 0 Å². The average molecular weight is 285 g/mol. The molecule has 0 heterocycles. The Morgan fingerprint density at radius 2 is 1.74 bits per heavy atom. The highest BCUT2D eigenvalue weighted by Gasteiger charge is 2.28. The van der Waals surface area contributed by atoms with Crippen LogP contribution in [0.15, 0.2) is 0 Å². The number of hydrogen-bond donors (Lipinski definition) is 3. The number of alkyl halides is 3. The number of carboxylic acid groups (broad SMARTS) is 1. The van der Waals surface area contributed by atoms with Gasteiger partial charge < -0.3 is 20.6 Å². The molecule has 0 rings (SSSR count).